The molecule has 3 aromatic rings. The summed E-state index contributed by atoms with van der Waals surface area (Å²) in [5.74, 6) is 2.69. The number of carbonyl (C=O) groups is 2. The van der Waals surface area contributed by atoms with Gasteiger partial charge in [0.2, 0.25) is 5.91 Å². The van der Waals surface area contributed by atoms with Gasteiger partial charge in [-0.05, 0) is 41.8 Å². The number of aldehydes is 1. The second-order valence-electron chi connectivity index (χ2n) is 8.45. The highest BCUT2D eigenvalue weighted by Gasteiger charge is 2.19. The second kappa shape index (κ2) is 12.7. The molecule has 0 aliphatic carbocycles. The fraction of sp³-hybridized carbons (Fsp3) is 0.185. The van der Waals surface area contributed by atoms with Gasteiger partial charge in [-0.3, -0.25) is 4.79 Å². The van der Waals surface area contributed by atoms with Crippen LogP contribution in [0.5, 0.6) is 34.5 Å². The lowest BCUT2D eigenvalue weighted by Gasteiger charge is -2.11. The Bertz CT molecular complexity index is 1370. The van der Waals surface area contributed by atoms with Crippen molar-refractivity contribution < 1.29 is 40.2 Å². The third kappa shape index (κ3) is 7.08. The average molecular weight is 535 g/mol. The highest BCUT2D eigenvalue weighted by molar-refractivity contribution is 7.99. The molecule has 0 aliphatic rings. The first-order chi connectivity index (χ1) is 18.1. The maximum atomic E-state index is 12.2. The zero-order valence-corrected chi connectivity index (χ0v) is 21.2. The molecule has 1 atom stereocenters. The van der Waals surface area contributed by atoms with Crippen molar-refractivity contribution in [1.82, 2.24) is 5.32 Å². The summed E-state index contributed by atoms with van der Waals surface area (Å²) in [4.78, 5) is 23.7. The zero-order valence-electron chi connectivity index (χ0n) is 20.4. The molecule has 7 N–H and O–H groups in total. The lowest BCUT2D eigenvalue weighted by Crippen LogP contribution is -2.28. The van der Waals surface area contributed by atoms with E-state index in [4.69, 9.17) is 0 Å². The number of benzene rings is 3. The van der Waals surface area contributed by atoms with Gasteiger partial charge in [-0.15, -0.1) is 11.8 Å². The van der Waals surface area contributed by atoms with Crippen LogP contribution in [-0.2, 0) is 21.8 Å². The molecule has 0 radical (unpaired) electrons. The quantitative estimate of drug-likeness (QED) is 0.0699. The van der Waals surface area contributed by atoms with Crippen LogP contribution >= 0.6 is 11.8 Å². The number of nitrogens with one attached hydrogen (secondary N) is 1. The molecule has 11 heteroatoms. The molecule has 0 saturated heterocycles. The monoisotopic (exact) mass is 535 g/mol. The summed E-state index contributed by atoms with van der Waals surface area (Å²) in [6.45, 7) is 0.319. The molecule has 0 fully saturated rings. The third-order valence-electron chi connectivity index (χ3n) is 5.70. The van der Waals surface area contributed by atoms with E-state index < -0.39 is 28.2 Å². The Morgan fingerprint density at radius 2 is 1.53 bits per heavy atom. The van der Waals surface area contributed by atoms with Crippen molar-refractivity contribution in [2.75, 3.05) is 6.54 Å². The van der Waals surface area contributed by atoms with E-state index in [1.807, 2.05) is 0 Å². The van der Waals surface area contributed by atoms with Gasteiger partial charge in [-0.25, -0.2) is 0 Å². The number of phenols is 6. The van der Waals surface area contributed by atoms with Crippen LogP contribution in [0.2, 0.25) is 0 Å². The molecule has 0 heterocycles. The molecule has 1 amide bonds. The van der Waals surface area contributed by atoms with Crippen LogP contribution in [0.25, 0.3) is 0 Å². The van der Waals surface area contributed by atoms with Crippen LogP contribution in [0.3, 0.4) is 0 Å². The van der Waals surface area contributed by atoms with E-state index in [9.17, 15) is 40.2 Å². The van der Waals surface area contributed by atoms with Crippen molar-refractivity contribution in [2.45, 2.75) is 23.8 Å². The normalized spacial score (nSPS) is 11.3. The highest BCUT2D eigenvalue weighted by atomic mass is 32.2. The van der Waals surface area contributed by atoms with Crippen LogP contribution in [0.4, 0.5) is 0 Å². The van der Waals surface area contributed by atoms with Gasteiger partial charge in [0.1, 0.15) is 19.7 Å². The van der Waals surface area contributed by atoms with E-state index in [2.05, 4.69) is 17.2 Å². The molecule has 0 spiro atoms. The van der Waals surface area contributed by atoms with Crippen molar-refractivity contribution in [3.8, 4) is 46.3 Å². The summed E-state index contributed by atoms with van der Waals surface area (Å²) in [7, 11) is 1.34. The van der Waals surface area contributed by atoms with Crippen LogP contribution in [0.15, 0.2) is 42.5 Å². The Balaban J connectivity index is 1.51. The summed E-state index contributed by atoms with van der Waals surface area (Å²) < 4.78 is 0. The molecule has 9 nitrogen and oxygen atoms in total. The summed E-state index contributed by atoms with van der Waals surface area (Å²) >= 11 is 1.31. The van der Waals surface area contributed by atoms with Gasteiger partial charge < -0.3 is 40.8 Å². The topological polar surface area (TPSA) is 168 Å². The molecule has 0 aliphatic heterocycles. The first kappa shape index (κ1) is 28.2. The van der Waals surface area contributed by atoms with E-state index in [1.165, 1.54) is 31.7 Å². The molecule has 3 aromatic carbocycles. The van der Waals surface area contributed by atoms with Gasteiger partial charge in [-0.1, -0.05) is 30.0 Å². The van der Waals surface area contributed by atoms with Gasteiger partial charge in [0.15, 0.2) is 34.5 Å². The second-order valence-corrected chi connectivity index (χ2v) is 9.68. The third-order valence-corrected chi connectivity index (χ3v) is 6.90. The fourth-order valence-electron chi connectivity index (χ4n) is 3.43. The van der Waals surface area contributed by atoms with Crippen molar-refractivity contribution in [2.24, 2.45) is 0 Å². The van der Waals surface area contributed by atoms with E-state index >= 15 is 0 Å². The summed E-state index contributed by atoms with van der Waals surface area (Å²) in [5, 5.41) is 60.8. The molecule has 38 heavy (non-hydrogen) atoms. The standard InChI is InChI=1S/C27H26BNO8S/c28-23-26(36)24(34)19(25(35)27(23)37)7-5-15-1-3-17(4-2-15)14-38-18(13-30)12-22(33)29-10-9-16-6-8-20(31)21(32)11-16/h1-4,6,8,11,13,18,31-32,34-37H,9-10,12,14,28H2,(H,29,33)/t18-/m1/s1. The Labute approximate surface area is 224 Å². The van der Waals surface area contributed by atoms with Gasteiger partial charge >= 0.3 is 0 Å². The van der Waals surface area contributed by atoms with E-state index in [-0.39, 0.29) is 34.9 Å². The number of carbonyl (C=O) groups excluding carboxylic acids is 2. The highest BCUT2D eigenvalue weighted by Crippen LogP contribution is 2.39. The first-order valence-corrected chi connectivity index (χ1v) is 12.6. The largest absolute Gasteiger partial charge is 0.505 e. The number of aromatic hydroxyl groups is 6. The minimum absolute atomic E-state index is 0.0157. The molecule has 0 unspecified atom stereocenters. The number of hydrogen-bond acceptors (Lipinski definition) is 9. The number of phenolic OH excluding ortho intramolecular Hbond substituents is 6. The predicted octanol–water partition coefficient (Wildman–Crippen LogP) is 1.13. The lowest BCUT2D eigenvalue weighted by atomic mass is 9.91. The number of thioether (sulfide) groups is 1. The van der Waals surface area contributed by atoms with Crippen LogP contribution < -0.4 is 10.8 Å². The molecular weight excluding hydrogens is 509 g/mol. The molecule has 0 bridgehead atoms. The summed E-state index contributed by atoms with van der Waals surface area (Å²) in [5.41, 5.74) is 1.83. The van der Waals surface area contributed by atoms with Gasteiger partial charge in [-0.2, -0.15) is 0 Å². The van der Waals surface area contributed by atoms with Crippen LogP contribution in [0, 0.1) is 11.8 Å². The number of rotatable bonds is 9. The average Bonchev–Trinajstić information content (AvgIpc) is 2.91. The summed E-state index contributed by atoms with van der Waals surface area (Å²) in [6.07, 6.45) is 1.20. The minimum atomic E-state index is -0.623. The fourth-order valence-corrected chi connectivity index (χ4v) is 4.38. The SMILES string of the molecule is Bc1c(O)c(O)c(C#Cc2ccc(CS[C@@H](C=O)CC(=O)NCCc3ccc(O)c(O)c3)cc2)c(O)c1O. The zero-order chi connectivity index (χ0) is 27.8. The van der Waals surface area contributed by atoms with E-state index in [0.717, 1.165) is 17.4 Å². The van der Waals surface area contributed by atoms with Crippen LogP contribution in [0.1, 0.15) is 28.7 Å². The van der Waals surface area contributed by atoms with E-state index in [0.29, 0.717) is 24.3 Å². The number of amides is 1. The maximum Gasteiger partial charge on any atom is 0.221 e. The molecule has 196 valence electrons. The first-order valence-electron chi connectivity index (χ1n) is 11.5. The molecule has 3 rings (SSSR count). The van der Waals surface area contributed by atoms with Crippen molar-refractivity contribution in [3.05, 3.63) is 64.7 Å². The van der Waals surface area contributed by atoms with Crippen molar-refractivity contribution in [1.29, 1.82) is 0 Å². The molecule has 0 saturated carbocycles. The Morgan fingerprint density at radius 1 is 0.895 bits per heavy atom. The van der Waals surface area contributed by atoms with E-state index in [1.54, 1.807) is 30.3 Å². The molecular formula is C27H26BNO8S. The molecule has 0 aromatic heterocycles. The Kier molecular flexibility index (Phi) is 9.41. The number of hydrogen-bond donors (Lipinski definition) is 7. The van der Waals surface area contributed by atoms with Crippen molar-refractivity contribution >= 4 is 37.3 Å². The minimum Gasteiger partial charge on any atom is -0.505 e. The van der Waals surface area contributed by atoms with Gasteiger partial charge in [0, 0.05) is 29.7 Å². The Hall–Kier alpha value is -4.43. The van der Waals surface area contributed by atoms with Crippen molar-refractivity contribution in [3.63, 3.8) is 0 Å². The Morgan fingerprint density at radius 3 is 2.13 bits per heavy atom. The summed E-state index contributed by atoms with van der Waals surface area (Å²) in [6, 6.07) is 11.4. The van der Waals surface area contributed by atoms with Gasteiger partial charge in [0.25, 0.3) is 0 Å². The lowest BCUT2D eigenvalue weighted by molar-refractivity contribution is -0.122. The van der Waals surface area contributed by atoms with Crippen LogP contribution in [-0.4, -0.2) is 62.5 Å². The smallest absolute Gasteiger partial charge is 0.221 e. The van der Waals surface area contributed by atoms with Gasteiger partial charge in [0.05, 0.1) is 5.25 Å². The predicted molar refractivity (Wildman–Crippen MR) is 146 cm³/mol. The maximum absolute atomic E-state index is 12.2.